The highest BCUT2D eigenvalue weighted by atomic mass is 16.3. The minimum Gasteiger partial charge on any atom is -0.395 e. The predicted molar refractivity (Wildman–Crippen MR) is 75.8 cm³/mol. The Morgan fingerprint density at radius 3 is 2.05 bits per heavy atom. The van der Waals surface area contributed by atoms with E-state index in [1.54, 1.807) is 0 Å². The monoisotopic (exact) mass is 267 g/mol. The van der Waals surface area contributed by atoms with Crippen molar-refractivity contribution in [1.82, 2.24) is 4.90 Å². The van der Waals surface area contributed by atoms with E-state index in [9.17, 15) is 5.11 Å². The van der Waals surface area contributed by atoms with Gasteiger partial charge in [-0.1, -0.05) is 44.2 Å². The largest absolute Gasteiger partial charge is 0.395 e. The van der Waals surface area contributed by atoms with Crippen LogP contribution in [0.4, 0.5) is 0 Å². The lowest BCUT2D eigenvalue weighted by atomic mass is 9.82. The number of benzene rings is 1. The fourth-order valence-electron chi connectivity index (χ4n) is 2.30. The van der Waals surface area contributed by atoms with Crippen molar-refractivity contribution in [2.75, 3.05) is 32.8 Å². The SMILES string of the molecule is CC(C)(CN(CCO)CCO)C(O)c1ccccc1. The molecule has 0 amide bonds. The summed E-state index contributed by atoms with van der Waals surface area (Å²) >= 11 is 0. The number of hydrogen-bond donors (Lipinski definition) is 3. The molecule has 0 saturated heterocycles. The molecule has 0 aliphatic rings. The van der Waals surface area contributed by atoms with Crippen LogP contribution in [0, 0.1) is 5.41 Å². The molecule has 3 N–H and O–H groups in total. The zero-order valence-corrected chi connectivity index (χ0v) is 11.8. The summed E-state index contributed by atoms with van der Waals surface area (Å²) in [5, 5.41) is 28.5. The van der Waals surface area contributed by atoms with Crippen LogP contribution in [0.1, 0.15) is 25.5 Å². The highest BCUT2D eigenvalue weighted by Crippen LogP contribution is 2.33. The number of aliphatic hydroxyl groups is 3. The quantitative estimate of drug-likeness (QED) is 0.658. The number of nitrogens with zero attached hydrogens (tertiary/aromatic N) is 1. The molecule has 0 heterocycles. The van der Waals surface area contributed by atoms with Crippen molar-refractivity contribution in [2.24, 2.45) is 5.41 Å². The lowest BCUT2D eigenvalue weighted by molar-refractivity contribution is 0.0128. The van der Waals surface area contributed by atoms with Crippen molar-refractivity contribution in [3.8, 4) is 0 Å². The van der Waals surface area contributed by atoms with Crippen LogP contribution in [0.25, 0.3) is 0 Å². The zero-order valence-electron chi connectivity index (χ0n) is 11.8. The van der Waals surface area contributed by atoms with Crippen LogP contribution in [0.3, 0.4) is 0 Å². The molecule has 0 aliphatic carbocycles. The summed E-state index contributed by atoms with van der Waals surface area (Å²) in [5.74, 6) is 0. The summed E-state index contributed by atoms with van der Waals surface area (Å²) in [6, 6.07) is 9.57. The summed E-state index contributed by atoms with van der Waals surface area (Å²) in [6.45, 7) is 5.72. The Kier molecular flexibility index (Phi) is 6.45. The Morgan fingerprint density at radius 1 is 1.05 bits per heavy atom. The molecule has 1 aromatic carbocycles. The molecule has 0 saturated carbocycles. The molecular weight excluding hydrogens is 242 g/mol. The van der Waals surface area contributed by atoms with E-state index in [1.165, 1.54) is 0 Å². The van der Waals surface area contributed by atoms with Crippen molar-refractivity contribution in [3.05, 3.63) is 35.9 Å². The van der Waals surface area contributed by atoms with Crippen molar-refractivity contribution >= 4 is 0 Å². The molecule has 4 heteroatoms. The Balaban J connectivity index is 2.72. The molecule has 0 aliphatic heterocycles. The summed E-state index contributed by atoms with van der Waals surface area (Å²) in [6.07, 6.45) is -0.575. The lowest BCUT2D eigenvalue weighted by Crippen LogP contribution is -2.40. The van der Waals surface area contributed by atoms with Gasteiger partial charge in [-0.2, -0.15) is 0 Å². The molecule has 0 bridgehead atoms. The second-order valence-electron chi connectivity index (χ2n) is 5.53. The van der Waals surface area contributed by atoms with Gasteiger partial charge in [0.2, 0.25) is 0 Å². The maximum absolute atomic E-state index is 10.5. The summed E-state index contributed by atoms with van der Waals surface area (Å²) in [5.41, 5.74) is 0.534. The third-order valence-electron chi connectivity index (χ3n) is 3.32. The lowest BCUT2D eigenvalue weighted by Gasteiger charge is -2.36. The number of aliphatic hydroxyl groups excluding tert-OH is 3. The topological polar surface area (TPSA) is 63.9 Å². The van der Waals surface area contributed by atoms with Crippen LogP contribution in [0.5, 0.6) is 0 Å². The number of rotatable bonds is 8. The molecule has 108 valence electrons. The van der Waals surface area contributed by atoms with E-state index >= 15 is 0 Å². The molecule has 1 rings (SSSR count). The fourth-order valence-corrected chi connectivity index (χ4v) is 2.30. The molecule has 1 atom stereocenters. The molecule has 0 aromatic heterocycles. The molecule has 0 radical (unpaired) electrons. The summed E-state index contributed by atoms with van der Waals surface area (Å²) in [7, 11) is 0. The molecule has 0 spiro atoms. The van der Waals surface area contributed by atoms with Crippen molar-refractivity contribution in [3.63, 3.8) is 0 Å². The van der Waals surface area contributed by atoms with Crippen LogP contribution >= 0.6 is 0 Å². The molecule has 0 fully saturated rings. The average molecular weight is 267 g/mol. The van der Waals surface area contributed by atoms with Gasteiger partial charge in [0.1, 0.15) is 0 Å². The Labute approximate surface area is 115 Å². The second kappa shape index (κ2) is 7.60. The van der Waals surface area contributed by atoms with Crippen LogP contribution in [-0.2, 0) is 0 Å². The maximum Gasteiger partial charge on any atom is 0.0853 e. The van der Waals surface area contributed by atoms with E-state index in [0.29, 0.717) is 19.6 Å². The van der Waals surface area contributed by atoms with Crippen LogP contribution in [-0.4, -0.2) is 53.1 Å². The molecule has 1 unspecified atom stereocenters. The first-order chi connectivity index (χ1) is 9.01. The number of hydrogen-bond acceptors (Lipinski definition) is 4. The highest BCUT2D eigenvalue weighted by Gasteiger charge is 2.30. The van der Waals surface area contributed by atoms with Crippen LogP contribution in [0.15, 0.2) is 30.3 Å². The smallest absolute Gasteiger partial charge is 0.0853 e. The van der Waals surface area contributed by atoms with Gasteiger partial charge in [0.15, 0.2) is 0 Å². The van der Waals surface area contributed by atoms with Gasteiger partial charge in [0.25, 0.3) is 0 Å². The zero-order chi connectivity index (χ0) is 14.3. The minimum absolute atomic E-state index is 0.0531. The fraction of sp³-hybridized carbons (Fsp3) is 0.600. The van der Waals surface area contributed by atoms with E-state index in [-0.39, 0.29) is 18.6 Å². The first kappa shape index (κ1) is 16.1. The Hall–Kier alpha value is -0.940. The standard InChI is InChI=1S/C15H25NO3/c1-15(2,12-16(8-10-17)9-11-18)14(19)13-6-4-3-5-7-13/h3-7,14,17-19H,8-12H2,1-2H3. The van der Waals surface area contributed by atoms with Crippen molar-refractivity contribution in [2.45, 2.75) is 20.0 Å². The van der Waals surface area contributed by atoms with Crippen molar-refractivity contribution < 1.29 is 15.3 Å². The predicted octanol–water partition coefficient (Wildman–Crippen LogP) is 1.03. The second-order valence-corrected chi connectivity index (χ2v) is 5.53. The molecular formula is C15H25NO3. The first-order valence-electron chi connectivity index (χ1n) is 6.68. The third kappa shape index (κ3) is 4.91. The van der Waals surface area contributed by atoms with Gasteiger partial charge in [-0.15, -0.1) is 0 Å². The van der Waals surface area contributed by atoms with Gasteiger partial charge < -0.3 is 15.3 Å². The van der Waals surface area contributed by atoms with E-state index in [0.717, 1.165) is 5.56 Å². The van der Waals surface area contributed by atoms with Crippen LogP contribution < -0.4 is 0 Å². The van der Waals surface area contributed by atoms with E-state index < -0.39 is 6.10 Å². The molecule has 1 aromatic rings. The minimum atomic E-state index is -0.575. The normalized spacial score (nSPS) is 13.8. The van der Waals surface area contributed by atoms with Gasteiger partial charge in [-0.25, -0.2) is 0 Å². The van der Waals surface area contributed by atoms with Gasteiger partial charge in [0, 0.05) is 25.0 Å². The van der Waals surface area contributed by atoms with Crippen molar-refractivity contribution in [1.29, 1.82) is 0 Å². The van der Waals surface area contributed by atoms with E-state index in [2.05, 4.69) is 0 Å². The van der Waals surface area contributed by atoms with Gasteiger partial charge in [-0.3, -0.25) is 4.90 Å². The summed E-state index contributed by atoms with van der Waals surface area (Å²) < 4.78 is 0. The van der Waals surface area contributed by atoms with E-state index in [1.807, 2.05) is 49.1 Å². The Bertz CT molecular complexity index is 348. The maximum atomic E-state index is 10.5. The first-order valence-corrected chi connectivity index (χ1v) is 6.68. The van der Waals surface area contributed by atoms with Gasteiger partial charge >= 0.3 is 0 Å². The van der Waals surface area contributed by atoms with Gasteiger partial charge in [0.05, 0.1) is 19.3 Å². The van der Waals surface area contributed by atoms with E-state index in [4.69, 9.17) is 10.2 Å². The average Bonchev–Trinajstić information content (AvgIpc) is 2.39. The molecule has 4 nitrogen and oxygen atoms in total. The van der Waals surface area contributed by atoms with Crippen LogP contribution in [0.2, 0.25) is 0 Å². The van der Waals surface area contributed by atoms with Gasteiger partial charge in [-0.05, 0) is 5.56 Å². The highest BCUT2D eigenvalue weighted by molar-refractivity contribution is 5.19. The molecule has 19 heavy (non-hydrogen) atoms. The Morgan fingerprint density at radius 2 is 1.58 bits per heavy atom. The summed E-state index contributed by atoms with van der Waals surface area (Å²) in [4.78, 5) is 1.96. The third-order valence-corrected chi connectivity index (χ3v) is 3.32.